The number of benzene rings is 1. The van der Waals surface area contributed by atoms with Crippen molar-refractivity contribution in [2.75, 3.05) is 18.0 Å². The Labute approximate surface area is 115 Å². The van der Waals surface area contributed by atoms with E-state index in [4.69, 9.17) is 0 Å². The molecule has 0 spiro atoms. The van der Waals surface area contributed by atoms with Crippen molar-refractivity contribution < 1.29 is 0 Å². The van der Waals surface area contributed by atoms with Crippen LogP contribution in [0.1, 0.15) is 20.3 Å². The third-order valence-corrected chi connectivity index (χ3v) is 4.34. The summed E-state index contributed by atoms with van der Waals surface area (Å²) < 4.78 is 0. The van der Waals surface area contributed by atoms with Gasteiger partial charge < -0.3 is 4.90 Å². The molecular weight excluding hydrogens is 230 g/mol. The van der Waals surface area contributed by atoms with Crippen molar-refractivity contribution in [3.63, 3.8) is 0 Å². The second kappa shape index (κ2) is 5.08. The minimum absolute atomic E-state index is 0.587. The van der Waals surface area contributed by atoms with E-state index in [0.717, 1.165) is 19.5 Å². The van der Waals surface area contributed by atoms with Crippen LogP contribution in [0.15, 0.2) is 65.3 Å². The fourth-order valence-corrected chi connectivity index (χ4v) is 3.12. The Kier molecular flexibility index (Phi) is 3.29. The van der Waals surface area contributed by atoms with Gasteiger partial charge in [-0.3, -0.25) is 0 Å². The maximum absolute atomic E-state index is 2.48. The molecular formula is C18H21N. The van der Waals surface area contributed by atoms with Gasteiger partial charge in [-0.05, 0) is 31.1 Å². The highest BCUT2D eigenvalue weighted by atomic mass is 15.1. The molecule has 3 rings (SSSR count). The van der Waals surface area contributed by atoms with Gasteiger partial charge in [-0.2, -0.15) is 0 Å². The summed E-state index contributed by atoms with van der Waals surface area (Å²) in [5.74, 6) is 0.587. The predicted octanol–water partition coefficient (Wildman–Crippen LogP) is 4.35. The highest BCUT2D eigenvalue weighted by Crippen LogP contribution is 2.33. The zero-order valence-corrected chi connectivity index (χ0v) is 11.8. The van der Waals surface area contributed by atoms with E-state index in [1.54, 1.807) is 16.7 Å². The fraction of sp³-hybridized carbons (Fsp3) is 0.333. The van der Waals surface area contributed by atoms with Crippen molar-refractivity contribution in [3.05, 3.63) is 65.3 Å². The summed E-state index contributed by atoms with van der Waals surface area (Å²) in [6.45, 7) is 6.79. The topological polar surface area (TPSA) is 3.24 Å². The van der Waals surface area contributed by atoms with Crippen LogP contribution in [-0.2, 0) is 0 Å². The number of allylic oxidation sites excluding steroid dienone is 4. The van der Waals surface area contributed by atoms with Crippen LogP contribution in [0.2, 0.25) is 0 Å². The standard InChI is InChI=1S/C18H21N/c1-14-12-19(17-10-4-3-5-11-17)13-18(14)15(2)16-8-6-7-9-16/h3-8,10-11,15H,9,12-13H2,1-2H3. The van der Waals surface area contributed by atoms with E-state index in [1.165, 1.54) is 5.69 Å². The van der Waals surface area contributed by atoms with Gasteiger partial charge in [-0.1, -0.05) is 54.5 Å². The Morgan fingerprint density at radius 1 is 1.11 bits per heavy atom. The molecule has 0 amide bonds. The van der Waals surface area contributed by atoms with Crippen LogP contribution in [0.5, 0.6) is 0 Å². The molecule has 0 saturated carbocycles. The first kappa shape index (κ1) is 12.3. The summed E-state index contributed by atoms with van der Waals surface area (Å²) in [7, 11) is 0. The minimum Gasteiger partial charge on any atom is -0.364 e. The molecule has 1 heterocycles. The lowest BCUT2D eigenvalue weighted by Crippen LogP contribution is -2.21. The van der Waals surface area contributed by atoms with Crippen molar-refractivity contribution in [1.29, 1.82) is 0 Å². The summed E-state index contributed by atoms with van der Waals surface area (Å²) in [5, 5.41) is 0. The van der Waals surface area contributed by atoms with E-state index >= 15 is 0 Å². The summed E-state index contributed by atoms with van der Waals surface area (Å²) in [4.78, 5) is 2.48. The van der Waals surface area contributed by atoms with Gasteiger partial charge in [0, 0.05) is 24.7 Å². The molecule has 2 aliphatic rings. The van der Waals surface area contributed by atoms with E-state index in [9.17, 15) is 0 Å². The molecule has 1 nitrogen and oxygen atoms in total. The van der Waals surface area contributed by atoms with E-state index in [1.807, 2.05) is 0 Å². The first-order chi connectivity index (χ1) is 9.25. The Morgan fingerprint density at radius 3 is 2.58 bits per heavy atom. The Morgan fingerprint density at radius 2 is 1.89 bits per heavy atom. The van der Waals surface area contributed by atoms with Gasteiger partial charge in [-0.15, -0.1) is 0 Å². The first-order valence-corrected chi connectivity index (χ1v) is 7.10. The van der Waals surface area contributed by atoms with Crippen molar-refractivity contribution in [2.45, 2.75) is 20.3 Å². The monoisotopic (exact) mass is 251 g/mol. The maximum atomic E-state index is 2.48. The van der Waals surface area contributed by atoms with Crippen molar-refractivity contribution in [3.8, 4) is 0 Å². The number of anilines is 1. The van der Waals surface area contributed by atoms with Gasteiger partial charge in [0.05, 0.1) is 0 Å². The normalized spacial score (nSPS) is 20.1. The SMILES string of the molecule is CC1=C(C(C)C2=CC=CC2)CN(c2ccccc2)C1. The summed E-state index contributed by atoms with van der Waals surface area (Å²) in [6, 6.07) is 10.7. The van der Waals surface area contributed by atoms with Crippen LogP contribution in [0.4, 0.5) is 5.69 Å². The third kappa shape index (κ3) is 2.37. The van der Waals surface area contributed by atoms with Crippen molar-refractivity contribution >= 4 is 5.69 Å². The predicted molar refractivity (Wildman–Crippen MR) is 82.4 cm³/mol. The fourth-order valence-electron chi connectivity index (χ4n) is 3.12. The molecule has 0 saturated heterocycles. The molecule has 1 aliphatic carbocycles. The lowest BCUT2D eigenvalue weighted by Gasteiger charge is -2.21. The Hall–Kier alpha value is -1.76. The second-order valence-electron chi connectivity index (χ2n) is 5.59. The first-order valence-electron chi connectivity index (χ1n) is 7.10. The smallest absolute Gasteiger partial charge is 0.0401 e. The lowest BCUT2D eigenvalue weighted by atomic mass is 9.90. The molecule has 1 unspecified atom stereocenters. The van der Waals surface area contributed by atoms with Gasteiger partial charge in [0.2, 0.25) is 0 Å². The molecule has 1 aromatic rings. The average molecular weight is 251 g/mol. The quantitative estimate of drug-likeness (QED) is 0.722. The average Bonchev–Trinajstić information content (AvgIpc) is 3.08. The number of hydrogen-bond acceptors (Lipinski definition) is 1. The van der Waals surface area contributed by atoms with E-state index < -0.39 is 0 Å². The molecule has 0 radical (unpaired) electrons. The van der Waals surface area contributed by atoms with Crippen LogP contribution in [-0.4, -0.2) is 13.1 Å². The van der Waals surface area contributed by atoms with Crippen LogP contribution in [0.3, 0.4) is 0 Å². The van der Waals surface area contributed by atoms with Gasteiger partial charge in [0.15, 0.2) is 0 Å². The van der Waals surface area contributed by atoms with Gasteiger partial charge >= 0.3 is 0 Å². The van der Waals surface area contributed by atoms with Crippen LogP contribution in [0, 0.1) is 5.92 Å². The van der Waals surface area contributed by atoms with E-state index in [2.05, 4.69) is 67.3 Å². The van der Waals surface area contributed by atoms with Gasteiger partial charge in [-0.25, -0.2) is 0 Å². The Balaban J connectivity index is 1.76. The highest BCUT2D eigenvalue weighted by molar-refractivity contribution is 5.53. The van der Waals surface area contributed by atoms with Gasteiger partial charge in [0.25, 0.3) is 0 Å². The minimum atomic E-state index is 0.587. The van der Waals surface area contributed by atoms with Crippen molar-refractivity contribution in [1.82, 2.24) is 0 Å². The molecule has 0 N–H and O–H groups in total. The maximum Gasteiger partial charge on any atom is 0.0401 e. The largest absolute Gasteiger partial charge is 0.364 e. The number of nitrogens with zero attached hydrogens (tertiary/aromatic N) is 1. The molecule has 1 heteroatoms. The molecule has 0 bridgehead atoms. The zero-order chi connectivity index (χ0) is 13.2. The van der Waals surface area contributed by atoms with E-state index in [0.29, 0.717) is 5.92 Å². The summed E-state index contributed by atoms with van der Waals surface area (Å²) in [5.41, 5.74) is 6.05. The molecule has 0 fully saturated rings. The number of rotatable bonds is 3. The van der Waals surface area contributed by atoms with Crippen molar-refractivity contribution in [2.24, 2.45) is 5.92 Å². The van der Waals surface area contributed by atoms with Crippen LogP contribution >= 0.6 is 0 Å². The van der Waals surface area contributed by atoms with Crippen LogP contribution < -0.4 is 4.90 Å². The molecule has 1 aliphatic heterocycles. The Bertz CT molecular complexity index is 548. The molecule has 98 valence electrons. The molecule has 1 atom stereocenters. The lowest BCUT2D eigenvalue weighted by molar-refractivity contribution is 0.761. The molecule has 19 heavy (non-hydrogen) atoms. The van der Waals surface area contributed by atoms with E-state index in [-0.39, 0.29) is 0 Å². The number of hydrogen-bond donors (Lipinski definition) is 0. The van der Waals surface area contributed by atoms with Gasteiger partial charge in [0.1, 0.15) is 0 Å². The number of para-hydroxylation sites is 1. The van der Waals surface area contributed by atoms with Crippen LogP contribution in [0.25, 0.3) is 0 Å². The molecule has 1 aromatic carbocycles. The summed E-state index contributed by atoms with van der Waals surface area (Å²) in [6.07, 6.45) is 7.86. The summed E-state index contributed by atoms with van der Waals surface area (Å²) >= 11 is 0. The molecule has 0 aromatic heterocycles. The third-order valence-electron chi connectivity index (χ3n) is 4.34. The highest BCUT2D eigenvalue weighted by Gasteiger charge is 2.25. The second-order valence-corrected chi connectivity index (χ2v) is 5.59. The zero-order valence-electron chi connectivity index (χ0n) is 11.8.